The molecular formula is C34H70O6. The predicted molar refractivity (Wildman–Crippen MR) is 170 cm³/mol. The Morgan fingerprint density at radius 1 is 0.400 bits per heavy atom. The van der Waals surface area contributed by atoms with Crippen LogP contribution < -0.4 is 0 Å². The largest absolute Gasteiger partial charge is 0.481 e. The van der Waals surface area contributed by atoms with Gasteiger partial charge in [0, 0.05) is 12.8 Å². The summed E-state index contributed by atoms with van der Waals surface area (Å²) in [6, 6.07) is 0. The molecule has 0 fully saturated rings. The first kappa shape index (κ1) is 43.3. The molecule has 0 bridgehead atoms. The maximum absolute atomic E-state index is 10.3. The number of aliphatic hydroxyl groups is 2. The molecule has 40 heavy (non-hydrogen) atoms. The van der Waals surface area contributed by atoms with Crippen molar-refractivity contribution in [3.05, 3.63) is 0 Å². The molecule has 0 saturated heterocycles. The van der Waals surface area contributed by atoms with Crippen molar-refractivity contribution >= 4 is 11.9 Å². The molecule has 0 saturated carbocycles. The highest BCUT2D eigenvalue weighted by atomic mass is 16.5. The summed E-state index contributed by atoms with van der Waals surface area (Å²) in [6.45, 7) is 6.41. The summed E-state index contributed by atoms with van der Waals surface area (Å²) < 4.78 is 0. The summed E-state index contributed by atoms with van der Waals surface area (Å²) in [5.74, 6) is -1.31. The second-order valence-corrected chi connectivity index (χ2v) is 11.3. The molecule has 6 nitrogen and oxygen atoms in total. The number of carboxylic acid groups (broad SMARTS) is 2. The standard InChI is InChI=1S/2C15H30O2.C4H10O2/c2*1-2-3-4-5-6-7-8-9-10-11-12-13-14-15(16)17;1-2-3-4(5)6/h2*2-14H2,1H3,(H,16,17);4-6H,2-3H2,1H3. The van der Waals surface area contributed by atoms with Gasteiger partial charge in [0.2, 0.25) is 0 Å². The second kappa shape index (κ2) is 40.0. The smallest absolute Gasteiger partial charge is 0.303 e. The maximum Gasteiger partial charge on any atom is 0.303 e. The molecule has 0 unspecified atom stereocenters. The fourth-order valence-electron chi connectivity index (χ4n) is 4.49. The molecule has 0 aliphatic rings. The number of carboxylic acids is 2. The topological polar surface area (TPSA) is 115 Å². The molecule has 0 aromatic carbocycles. The van der Waals surface area contributed by atoms with Crippen molar-refractivity contribution in [2.24, 2.45) is 0 Å². The summed E-state index contributed by atoms with van der Waals surface area (Å²) >= 11 is 0. The van der Waals surface area contributed by atoms with Gasteiger partial charge in [0.15, 0.2) is 6.29 Å². The molecule has 0 rings (SSSR count). The number of rotatable bonds is 28. The minimum absolute atomic E-state index is 0.345. The van der Waals surface area contributed by atoms with E-state index in [4.69, 9.17) is 20.4 Å². The predicted octanol–water partition coefficient (Wildman–Crippen LogP) is 10.4. The van der Waals surface area contributed by atoms with Gasteiger partial charge >= 0.3 is 11.9 Å². The van der Waals surface area contributed by atoms with E-state index in [-0.39, 0.29) is 0 Å². The third-order valence-electron chi connectivity index (χ3n) is 7.04. The Morgan fingerprint density at radius 2 is 0.625 bits per heavy atom. The number of hydrogen-bond donors (Lipinski definition) is 4. The molecule has 0 radical (unpaired) electrons. The highest BCUT2D eigenvalue weighted by molar-refractivity contribution is 5.66. The highest BCUT2D eigenvalue weighted by Crippen LogP contribution is 2.13. The Morgan fingerprint density at radius 3 is 0.775 bits per heavy atom. The molecule has 0 heterocycles. The van der Waals surface area contributed by atoms with Crippen LogP contribution in [0.4, 0.5) is 0 Å². The molecule has 0 aromatic rings. The zero-order chi connectivity index (χ0) is 30.5. The van der Waals surface area contributed by atoms with Crippen molar-refractivity contribution in [3.8, 4) is 0 Å². The first-order valence-electron chi connectivity index (χ1n) is 17.1. The van der Waals surface area contributed by atoms with E-state index in [1.807, 2.05) is 6.92 Å². The van der Waals surface area contributed by atoms with Crippen LogP contribution in [0.2, 0.25) is 0 Å². The number of carbonyl (C=O) groups is 2. The normalized spacial score (nSPS) is 10.6. The first-order valence-corrected chi connectivity index (χ1v) is 17.1. The molecular weight excluding hydrogens is 504 g/mol. The SMILES string of the molecule is CCCC(O)O.CCCCCCCCCCCCCCC(=O)O.CCCCCCCCCCCCCCC(=O)O. The van der Waals surface area contributed by atoms with Crippen molar-refractivity contribution in [1.29, 1.82) is 0 Å². The minimum Gasteiger partial charge on any atom is -0.481 e. The second-order valence-electron chi connectivity index (χ2n) is 11.3. The number of aliphatic carboxylic acids is 2. The fourth-order valence-corrected chi connectivity index (χ4v) is 4.49. The first-order chi connectivity index (χ1) is 19.3. The highest BCUT2D eigenvalue weighted by Gasteiger charge is 1.98. The van der Waals surface area contributed by atoms with Crippen LogP contribution in [-0.4, -0.2) is 38.7 Å². The van der Waals surface area contributed by atoms with Crippen molar-refractivity contribution < 1.29 is 30.0 Å². The third-order valence-corrected chi connectivity index (χ3v) is 7.04. The maximum atomic E-state index is 10.3. The summed E-state index contributed by atoms with van der Waals surface area (Å²) in [5, 5.41) is 33.2. The lowest BCUT2D eigenvalue weighted by molar-refractivity contribution is -0.138. The lowest BCUT2D eigenvalue weighted by Crippen LogP contribution is -2.01. The van der Waals surface area contributed by atoms with E-state index < -0.39 is 18.2 Å². The molecule has 0 atom stereocenters. The van der Waals surface area contributed by atoms with Gasteiger partial charge in [-0.05, 0) is 19.3 Å². The van der Waals surface area contributed by atoms with Gasteiger partial charge in [-0.25, -0.2) is 0 Å². The van der Waals surface area contributed by atoms with Gasteiger partial charge in [-0.15, -0.1) is 0 Å². The molecule has 0 aliphatic heterocycles. The van der Waals surface area contributed by atoms with Crippen LogP contribution in [0.1, 0.15) is 201 Å². The van der Waals surface area contributed by atoms with E-state index in [9.17, 15) is 9.59 Å². The molecule has 4 N–H and O–H groups in total. The van der Waals surface area contributed by atoms with Gasteiger partial charge in [-0.2, -0.15) is 0 Å². The Bertz CT molecular complexity index is 443. The average Bonchev–Trinajstić information content (AvgIpc) is 2.90. The lowest BCUT2D eigenvalue weighted by Gasteiger charge is -2.02. The van der Waals surface area contributed by atoms with E-state index in [0.29, 0.717) is 19.3 Å². The van der Waals surface area contributed by atoms with Crippen molar-refractivity contribution in [3.63, 3.8) is 0 Å². The minimum atomic E-state index is -1.10. The summed E-state index contributed by atoms with van der Waals surface area (Å²) in [4.78, 5) is 20.6. The van der Waals surface area contributed by atoms with Gasteiger partial charge in [-0.1, -0.05) is 168 Å². The molecule has 6 heteroatoms. The summed E-state index contributed by atoms with van der Waals surface area (Å²) in [5.41, 5.74) is 0. The van der Waals surface area contributed by atoms with E-state index in [0.717, 1.165) is 32.1 Å². The average molecular weight is 575 g/mol. The van der Waals surface area contributed by atoms with Crippen molar-refractivity contribution in [2.75, 3.05) is 0 Å². The monoisotopic (exact) mass is 575 g/mol. The van der Waals surface area contributed by atoms with Gasteiger partial charge in [0.05, 0.1) is 0 Å². The van der Waals surface area contributed by atoms with Crippen LogP contribution in [0.3, 0.4) is 0 Å². The van der Waals surface area contributed by atoms with Crippen LogP contribution in [-0.2, 0) is 9.59 Å². The zero-order valence-electron chi connectivity index (χ0n) is 27.0. The Balaban J connectivity index is -0.000000569. The van der Waals surface area contributed by atoms with Gasteiger partial charge in [0.25, 0.3) is 0 Å². The summed E-state index contributed by atoms with van der Waals surface area (Å²) in [7, 11) is 0. The van der Waals surface area contributed by atoms with E-state index >= 15 is 0 Å². The Hall–Kier alpha value is -1.14. The quantitative estimate of drug-likeness (QED) is 0.0545. The van der Waals surface area contributed by atoms with Crippen LogP contribution in [0, 0.1) is 0 Å². The van der Waals surface area contributed by atoms with Crippen LogP contribution >= 0.6 is 0 Å². The van der Waals surface area contributed by atoms with E-state index in [2.05, 4.69) is 13.8 Å². The van der Waals surface area contributed by atoms with E-state index in [1.165, 1.54) is 128 Å². The van der Waals surface area contributed by atoms with Crippen LogP contribution in [0.25, 0.3) is 0 Å². The lowest BCUT2D eigenvalue weighted by atomic mass is 10.0. The van der Waals surface area contributed by atoms with Crippen LogP contribution in [0.5, 0.6) is 0 Å². The van der Waals surface area contributed by atoms with E-state index in [1.54, 1.807) is 0 Å². The van der Waals surface area contributed by atoms with Crippen molar-refractivity contribution in [2.45, 2.75) is 207 Å². The Labute approximate surface area is 248 Å². The van der Waals surface area contributed by atoms with Crippen molar-refractivity contribution in [1.82, 2.24) is 0 Å². The molecule has 242 valence electrons. The molecule has 0 aromatic heterocycles. The fraction of sp³-hybridized carbons (Fsp3) is 0.941. The van der Waals surface area contributed by atoms with Gasteiger partial charge in [0.1, 0.15) is 0 Å². The number of hydrogen-bond acceptors (Lipinski definition) is 4. The third kappa shape index (κ3) is 53.2. The Kier molecular flexibility index (Phi) is 43.3. The van der Waals surface area contributed by atoms with Gasteiger partial charge in [-0.3, -0.25) is 9.59 Å². The zero-order valence-corrected chi connectivity index (χ0v) is 27.0. The molecule has 0 amide bonds. The summed E-state index contributed by atoms with van der Waals surface area (Å²) in [6.07, 6.45) is 31.8. The molecule has 0 spiro atoms. The van der Waals surface area contributed by atoms with Gasteiger partial charge < -0.3 is 20.4 Å². The number of aliphatic hydroxyl groups excluding tert-OH is 1. The number of unbranched alkanes of at least 4 members (excludes halogenated alkanes) is 22. The van der Waals surface area contributed by atoms with Crippen LogP contribution in [0.15, 0.2) is 0 Å². The molecule has 0 aliphatic carbocycles.